The monoisotopic (exact) mass is 354 g/mol. The van der Waals surface area contributed by atoms with Crippen LogP contribution in [0.2, 0.25) is 0 Å². The molecule has 0 bridgehead atoms. The first-order valence-electron chi connectivity index (χ1n) is 8.77. The van der Waals surface area contributed by atoms with Crippen LogP contribution in [0.3, 0.4) is 0 Å². The Kier molecular flexibility index (Phi) is 4.57. The van der Waals surface area contributed by atoms with Crippen LogP contribution in [0.25, 0.3) is 0 Å². The molecule has 0 saturated carbocycles. The van der Waals surface area contributed by atoms with Gasteiger partial charge in [-0.2, -0.15) is 5.10 Å². The van der Waals surface area contributed by atoms with Gasteiger partial charge in [-0.25, -0.2) is 4.98 Å². The van der Waals surface area contributed by atoms with Crippen LogP contribution in [0, 0.1) is 0 Å². The normalized spacial score (nSPS) is 17.2. The Morgan fingerprint density at radius 1 is 1.42 bits per heavy atom. The number of hydrogen-bond acceptors (Lipinski definition) is 5. The number of carbonyl (C=O) groups is 1. The third-order valence-corrected chi connectivity index (χ3v) is 4.64. The van der Waals surface area contributed by atoms with E-state index in [0.717, 1.165) is 36.7 Å². The first-order valence-corrected chi connectivity index (χ1v) is 8.77. The molecule has 0 fully saturated rings. The van der Waals surface area contributed by atoms with Gasteiger partial charge in [-0.15, -0.1) is 0 Å². The second kappa shape index (κ2) is 7.17. The van der Waals surface area contributed by atoms with Crippen molar-refractivity contribution in [2.24, 2.45) is 0 Å². The van der Waals surface area contributed by atoms with Crippen molar-refractivity contribution >= 4 is 5.91 Å². The lowest BCUT2D eigenvalue weighted by atomic mass is 10.1. The minimum absolute atomic E-state index is 0.0328. The van der Waals surface area contributed by atoms with Gasteiger partial charge >= 0.3 is 0 Å². The van der Waals surface area contributed by atoms with Crippen molar-refractivity contribution in [2.75, 3.05) is 6.54 Å². The number of aryl methyl sites for hydroxylation is 1. The summed E-state index contributed by atoms with van der Waals surface area (Å²) in [6, 6.07) is 3.35. The molecule has 8 nitrogen and oxygen atoms in total. The van der Waals surface area contributed by atoms with E-state index < -0.39 is 0 Å². The topological polar surface area (TPSA) is 81.1 Å². The molecule has 4 rings (SSSR count). The standard InChI is InChI=1S/C18H22N6O2/c1-2-23-10-14(6-21-23)9-22-11-15-7-19-13-24(15)17(12-22)18(25)20-8-16-4-3-5-26-16/h3-7,10,13,17H,2,8-9,11-12H2,1H3,(H,20,25). The van der Waals surface area contributed by atoms with Gasteiger partial charge in [0, 0.05) is 44.1 Å². The molecule has 3 aromatic heterocycles. The number of furan rings is 1. The van der Waals surface area contributed by atoms with Gasteiger partial charge < -0.3 is 14.3 Å². The van der Waals surface area contributed by atoms with Gasteiger partial charge in [-0.1, -0.05) is 0 Å². The molecule has 26 heavy (non-hydrogen) atoms. The van der Waals surface area contributed by atoms with E-state index in [-0.39, 0.29) is 11.9 Å². The highest BCUT2D eigenvalue weighted by atomic mass is 16.3. The molecule has 0 aliphatic carbocycles. The van der Waals surface area contributed by atoms with Crippen LogP contribution in [0.5, 0.6) is 0 Å². The maximum Gasteiger partial charge on any atom is 0.244 e. The molecule has 0 spiro atoms. The predicted molar refractivity (Wildman–Crippen MR) is 93.8 cm³/mol. The second-order valence-electron chi connectivity index (χ2n) is 6.48. The van der Waals surface area contributed by atoms with Crippen LogP contribution < -0.4 is 5.32 Å². The molecule has 1 unspecified atom stereocenters. The fourth-order valence-electron chi connectivity index (χ4n) is 3.32. The summed E-state index contributed by atoms with van der Waals surface area (Å²) < 4.78 is 9.16. The molecule has 4 heterocycles. The SMILES string of the molecule is CCn1cc(CN2Cc3cncn3C(C(=O)NCc3ccco3)C2)cn1. The van der Waals surface area contributed by atoms with E-state index in [2.05, 4.69) is 33.4 Å². The van der Waals surface area contributed by atoms with E-state index >= 15 is 0 Å². The first kappa shape index (κ1) is 16.6. The molecule has 1 N–H and O–H groups in total. The second-order valence-corrected chi connectivity index (χ2v) is 6.48. The maximum atomic E-state index is 12.8. The molecule has 0 aromatic carbocycles. The third kappa shape index (κ3) is 3.41. The Bertz CT molecular complexity index is 866. The Labute approximate surface area is 151 Å². The number of fused-ring (bicyclic) bond motifs is 1. The van der Waals surface area contributed by atoms with Gasteiger partial charge in [0.2, 0.25) is 5.91 Å². The lowest BCUT2D eigenvalue weighted by Crippen LogP contribution is -2.43. The molecule has 1 aliphatic rings. The van der Waals surface area contributed by atoms with Crippen molar-refractivity contribution < 1.29 is 9.21 Å². The summed E-state index contributed by atoms with van der Waals surface area (Å²) in [5, 5.41) is 7.29. The van der Waals surface area contributed by atoms with Crippen molar-refractivity contribution in [3.05, 3.63) is 60.3 Å². The Morgan fingerprint density at radius 3 is 3.12 bits per heavy atom. The van der Waals surface area contributed by atoms with Crippen LogP contribution in [0.4, 0.5) is 0 Å². The van der Waals surface area contributed by atoms with Crippen LogP contribution in [-0.4, -0.2) is 36.7 Å². The van der Waals surface area contributed by atoms with Gasteiger partial charge in [0.25, 0.3) is 0 Å². The largest absolute Gasteiger partial charge is 0.467 e. The zero-order valence-electron chi connectivity index (χ0n) is 14.7. The number of nitrogens with one attached hydrogen (secondary N) is 1. The minimum atomic E-state index is -0.308. The van der Waals surface area contributed by atoms with Crippen molar-refractivity contribution in [1.29, 1.82) is 0 Å². The smallest absolute Gasteiger partial charge is 0.244 e. The van der Waals surface area contributed by atoms with Gasteiger partial charge in [-0.05, 0) is 19.1 Å². The lowest BCUT2D eigenvalue weighted by molar-refractivity contribution is -0.125. The Balaban J connectivity index is 1.46. The van der Waals surface area contributed by atoms with Gasteiger partial charge in [0.1, 0.15) is 11.8 Å². The number of imidazole rings is 1. The van der Waals surface area contributed by atoms with Crippen molar-refractivity contribution in [3.8, 4) is 0 Å². The van der Waals surface area contributed by atoms with E-state index in [1.54, 1.807) is 12.6 Å². The molecule has 0 radical (unpaired) electrons. The van der Waals surface area contributed by atoms with Crippen molar-refractivity contribution in [2.45, 2.75) is 39.1 Å². The average molecular weight is 354 g/mol. The van der Waals surface area contributed by atoms with E-state index in [1.807, 2.05) is 33.8 Å². The average Bonchev–Trinajstić information content (AvgIpc) is 3.40. The van der Waals surface area contributed by atoms with Crippen molar-refractivity contribution in [3.63, 3.8) is 0 Å². The molecular weight excluding hydrogens is 332 g/mol. The number of rotatable bonds is 6. The fourth-order valence-corrected chi connectivity index (χ4v) is 3.32. The van der Waals surface area contributed by atoms with Gasteiger partial charge in [0.15, 0.2) is 0 Å². The molecule has 1 atom stereocenters. The number of nitrogens with zero attached hydrogens (tertiary/aromatic N) is 5. The molecule has 0 saturated heterocycles. The lowest BCUT2D eigenvalue weighted by Gasteiger charge is -2.33. The van der Waals surface area contributed by atoms with Crippen LogP contribution in [-0.2, 0) is 31.0 Å². The number of aromatic nitrogens is 4. The Morgan fingerprint density at radius 2 is 2.35 bits per heavy atom. The summed E-state index contributed by atoms with van der Waals surface area (Å²) in [4.78, 5) is 19.2. The van der Waals surface area contributed by atoms with Crippen LogP contribution in [0.15, 0.2) is 47.7 Å². The molecule has 1 amide bonds. The molecule has 136 valence electrons. The summed E-state index contributed by atoms with van der Waals surface area (Å²) in [5.41, 5.74) is 2.19. The highest BCUT2D eigenvalue weighted by Gasteiger charge is 2.30. The number of amides is 1. The molecule has 1 aliphatic heterocycles. The summed E-state index contributed by atoms with van der Waals surface area (Å²) in [7, 11) is 0. The van der Waals surface area contributed by atoms with Crippen LogP contribution >= 0.6 is 0 Å². The molecule has 3 aromatic rings. The number of carbonyl (C=O) groups excluding carboxylic acids is 1. The third-order valence-electron chi connectivity index (χ3n) is 4.64. The van der Waals surface area contributed by atoms with Crippen molar-refractivity contribution in [1.82, 2.24) is 29.5 Å². The van der Waals surface area contributed by atoms with E-state index in [0.29, 0.717) is 13.1 Å². The summed E-state index contributed by atoms with van der Waals surface area (Å²) in [6.45, 7) is 5.45. The van der Waals surface area contributed by atoms with Gasteiger partial charge in [-0.3, -0.25) is 14.4 Å². The quantitative estimate of drug-likeness (QED) is 0.727. The summed E-state index contributed by atoms with van der Waals surface area (Å²) in [5.74, 6) is 0.707. The van der Waals surface area contributed by atoms with E-state index in [9.17, 15) is 4.79 Å². The number of hydrogen-bond donors (Lipinski definition) is 1. The van der Waals surface area contributed by atoms with Crippen LogP contribution in [0.1, 0.15) is 30.0 Å². The zero-order chi connectivity index (χ0) is 17.9. The van der Waals surface area contributed by atoms with E-state index in [1.165, 1.54) is 0 Å². The summed E-state index contributed by atoms with van der Waals surface area (Å²) in [6.07, 6.45) is 9.11. The molecular formula is C18H22N6O2. The highest BCUT2D eigenvalue weighted by Crippen LogP contribution is 2.23. The zero-order valence-corrected chi connectivity index (χ0v) is 14.7. The fraction of sp³-hybridized carbons (Fsp3) is 0.389. The highest BCUT2D eigenvalue weighted by molar-refractivity contribution is 5.80. The van der Waals surface area contributed by atoms with Gasteiger partial charge in [0.05, 0.1) is 31.0 Å². The Hall–Kier alpha value is -2.87. The maximum absolute atomic E-state index is 12.8. The summed E-state index contributed by atoms with van der Waals surface area (Å²) >= 11 is 0. The first-order chi connectivity index (χ1) is 12.7. The van der Waals surface area contributed by atoms with E-state index in [4.69, 9.17) is 4.42 Å². The minimum Gasteiger partial charge on any atom is -0.467 e. The predicted octanol–water partition coefficient (Wildman–Crippen LogP) is 1.57. The molecule has 8 heteroatoms.